The predicted octanol–water partition coefficient (Wildman–Crippen LogP) is 4.14. The Labute approximate surface area is 115 Å². The lowest BCUT2D eigenvalue weighted by molar-refractivity contribution is 0.480. The molecule has 0 aliphatic carbocycles. The lowest BCUT2D eigenvalue weighted by Gasteiger charge is -2.01. The molecule has 0 radical (unpaired) electrons. The Morgan fingerprint density at radius 3 is 2.63 bits per heavy atom. The molecule has 1 aromatic heterocycles. The molecule has 3 aromatic rings. The number of ether oxygens (including phenoxy) is 1. The minimum absolute atomic E-state index is 0.665. The van der Waals surface area contributed by atoms with Crippen LogP contribution in [-0.4, -0.2) is 18.2 Å². The smallest absolute Gasteiger partial charge is 0.279 e. The second kappa shape index (κ2) is 5.20. The van der Waals surface area contributed by atoms with Gasteiger partial charge in [0.15, 0.2) is 0 Å². The number of benzene rings is 2. The molecular weight excluding hydrogens is 256 g/mol. The van der Waals surface area contributed by atoms with Gasteiger partial charge in [0, 0.05) is 13.3 Å². The Kier molecular flexibility index (Phi) is 3.25. The molecule has 94 valence electrons. The first kappa shape index (κ1) is 11.9. The van der Waals surface area contributed by atoms with Crippen LogP contribution in [0.1, 0.15) is 5.56 Å². The third kappa shape index (κ3) is 2.63. The molecule has 0 fully saturated rings. The van der Waals surface area contributed by atoms with E-state index in [0.29, 0.717) is 5.19 Å². The molecule has 3 rings (SSSR count). The standard InChI is InChI=1S/C15H12N2OS/c1-16-10-11-6-8-12(9-7-11)18-15-17-13-4-2-3-5-14(13)19-15/h2-10H,1H3/b16-10+. The fourth-order valence-electron chi connectivity index (χ4n) is 1.77. The Morgan fingerprint density at radius 2 is 1.89 bits per heavy atom. The number of nitrogens with zero attached hydrogens (tertiary/aromatic N) is 2. The SMILES string of the molecule is C/N=C/c1ccc(Oc2nc3ccccc3s2)cc1. The van der Waals surface area contributed by atoms with Crippen molar-refractivity contribution in [1.29, 1.82) is 0 Å². The average molecular weight is 268 g/mol. The lowest BCUT2D eigenvalue weighted by atomic mass is 10.2. The molecule has 0 N–H and O–H groups in total. The normalized spacial score (nSPS) is 11.2. The molecule has 0 spiro atoms. The summed E-state index contributed by atoms with van der Waals surface area (Å²) in [6.07, 6.45) is 1.81. The minimum atomic E-state index is 0.665. The quantitative estimate of drug-likeness (QED) is 0.669. The Hall–Kier alpha value is -2.20. The summed E-state index contributed by atoms with van der Waals surface area (Å²) in [7, 11) is 1.76. The maximum atomic E-state index is 5.76. The van der Waals surface area contributed by atoms with Gasteiger partial charge in [-0.25, -0.2) is 4.98 Å². The van der Waals surface area contributed by atoms with E-state index in [0.717, 1.165) is 21.5 Å². The van der Waals surface area contributed by atoms with Crippen LogP contribution in [0, 0.1) is 0 Å². The summed E-state index contributed by atoms with van der Waals surface area (Å²) in [5, 5.41) is 0.665. The number of hydrogen-bond donors (Lipinski definition) is 0. The Morgan fingerprint density at radius 1 is 1.11 bits per heavy atom. The van der Waals surface area contributed by atoms with Crippen LogP contribution in [-0.2, 0) is 0 Å². The second-order valence-electron chi connectivity index (χ2n) is 4.01. The number of thiazole rings is 1. The molecule has 1 heterocycles. The van der Waals surface area contributed by atoms with E-state index in [1.807, 2.05) is 54.7 Å². The van der Waals surface area contributed by atoms with Gasteiger partial charge in [-0.15, -0.1) is 0 Å². The summed E-state index contributed by atoms with van der Waals surface area (Å²) in [4.78, 5) is 8.41. The summed E-state index contributed by atoms with van der Waals surface area (Å²) in [6.45, 7) is 0. The van der Waals surface area contributed by atoms with E-state index in [9.17, 15) is 0 Å². The molecule has 2 aromatic carbocycles. The monoisotopic (exact) mass is 268 g/mol. The van der Waals surface area contributed by atoms with Crippen molar-refractivity contribution in [3.63, 3.8) is 0 Å². The highest BCUT2D eigenvalue weighted by Crippen LogP contribution is 2.30. The van der Waals surface area contributed by atoms with Gasteiger partial charge in [0.05, 0.1) is 10.2 Å². The van der Waals surface area contributed by atoms with Gasteiger partial charge in [-0.1, -0.05) is 23.5 Å². The van der Waals surface area contributed by atoms with Crippen LogP contribution >= 0.6 is 11.3 Å². The largest absolute Gasteiger partial charge is 0.431 e. The molecule has 0 aliphatic heterocycles. The lowest BCUT2D eigenvalue weighted by Crippen LogP contribution is -1.84. The number of aromatic nitrogens is 1. The molecule has 0 aliphatic rings. The van der Waals surface area contributed by atoms with Crippen molar-refractivity contribution in [3.8, 4) is 10.9 Å². The number of fused-ring (bicyclic) bond motifs is 1. The van der Waals surface area contributed by atoms with E-state index in [1.54, 1.807) is 18.4 Å². The van der Waals surface area contributed by atoms with Gasteiger partial charge < -0.3 is 4.74 Å². The molecule has 0 amide bonds. The van der Waals surface area contributed by atoms with Crippen molar-refractivity contribution in [1.82, 2.24) is 4.98 Å². The van der Waals surface area contributed by atoms with Crippen molar-refractivity contribution in [3.05, 3.63) is 54.1 Å². The van der Waals surface area contributed by atoms with Gasteiger partial charge >= 0.3 is 0 Å². The predicted molar refractivity (Wildman–Crippen MR) is 79.7 cm³/mol. The molecule has 0 bridgehead atoms. The summed E-state index contributed by atoms with van der Waals surface area (Å²) >= 11 is 1.55. The number of rotatable bonds is 3. The maximum absolute atomic E-state index is 5.76. The van der Waals surface area contributed by atoms with Crippen molar-refractivity contribution >= 4 is 27.8 Å². The first-order valence-electron chi connectivity index (χ1n) is 5.91. The molecule has 3 nitrogen and oxygen atoms in total. The summed E-state index contributed by atoms with van der Waals surface area (Å²) < 4.78 is 6.89. The molecule has 0 atom stereocenters. The zero-order chi connectivity index (χ0) is 13.1. The van der Waals surface area contributed by atoms with E-state index in [1.165, 1.54) is 0 Å². The Balaban J connectivity index is 1.84. The van der Waals surface area contributed by atoms with Crippen LogP contribution in [0.4, 0.5) is 0 Å². The third-order valence-corrected chi connectivity index (χ3v) is 3.55. The molecule has 0 saturated carbocycles. The van der Waals surface area contributed by atoms with Crippen LogP contribution in [0.2, 0.25) is 0 Å². The van der Waals surface area contributed by atoms with Crippen LogP contribution < -0.4 is 4.74 Å². The van der Waals surface area contributed by atoms with Crippen LogP contribution in [0.25, 0.3) is 10.2 Å². The highest BCUT2D eigenvalue weighted by Gasteiger charge is 2.04. The number of aliphatic imine (C=N–C) groups is 1. The van der Waals surface area contributed by atoms with Gasteiger partial charge in [-0.05, 0) is 42.0 Å². The molecule has 0 saturated heterocycles. The van der Waals surface area contributed by atoms with E-state index in [2.05, 4.69) is 9.98 Å². The van der Waals surface area contributed by atoms with Crippen LogP contribution in [0.3, 0.4) is 0 Å². The van der Waals surface area contributed by atoms with Gasteiger partial charge in [0.2, 0.25) is 0 Å². The minimum Gasteiger partial charge on any atom is -0.431 e. The number of para-hydroxylation sites is 1. The molecular formula is C15H12N2OS. The van der Waals surface area contributed by atoms with Gasteiger partial charge in [0.25, 0.3) is 5.19 Å². The van der Waals surface area contributed by atoms with Crippen molar-refractivity contribution in [2.24, 2.45) is 4.99 Å². The van der Waals surface area contributed by atoms with E-state index >= 15 is 0 Å². The number of hydrogen-bond acceptors (Lipinski definition) is 4. The van der Waals surface area contributed by atoms with E-state index in [-0.39, 0.29) is 0 Å². The average Bonchev–Trinajstić information content (AvgIpc) is 2.83. The maximum Gasteiger partial charge on any atom is 0.279 e. The zero-order valence-electron chi connectivity index (χ0n) is 10.4. The zero-order valence-corrected chi connectivity index (χ0v) is 11.2. The van der Waals surface area contributed by atoms with Crippen molar-refractivity contribution in [2.45, 2.75) is 0 Å². The molecule has 19 heavy (non-hydrogen) atoms. The summed E-state index contributed by atoms with van der Waals surface area (Å²) in [5.74, 6) is 0.785. The highest BCUT2D eigenvalue weighted by atomic mass is 32.1. The fraction of sp³-hybridized carbons (Fsp3) is 0.0667. The van der Waals surface area contributed by atoms with Gasteiger partial charge in [0.1, 0.15) is 5.75 Å². The third-order valence-electron chi connectivity index (χ3n) is 2.64. The fourth-order valence-corrected chi connectivity index (χ4v) is 2.60. The van der Waals surface area contributed by atoms with Gasteiger partial charge in [-0.2, -0.15) is 0 Å². The summed E-state index contributed by atoms with van der Waals surface area (Å²) in [6, 6.07) is 15.8. The Bertz CT molecular complexity index is 683. The molecule has 4 heteroatoms. The first-order valence-corrected chi connectivity index (χ1v) is 6.72. The van der Waals surface area contributed by atoms with E-state index < -0.39 is 0 Å². The second-order valence-corrected chi connectivity index (χ2v) is 5.00. The van der Waals surface area contributed by atoms with E-state index in [4.69, 9.17) is 4.74 Å². The topological polar surface area (TPSA) is 34.5 Å². The van der Waals surface area contributed by atoms with Crippen molar-refractivity contribution in [2.75, 3.05) is 7.05 Å². The van der Waals surface area contributed by atoms with Crippen LogP contribution in [0.15, 0.2) is 53.5 Å². The highest BCUT2D eigenvalue weighted by molar-refractivity contribution is 7.20. The first-order chi connectivity index (χ1) is 9.35. The summed E-state index contributed by atoms with van der Waals surface area (Å²) in [5.41, 5.74) is 2.02. The van der Waals surface area contributed by atoms with Crippen LogP contribution in [0.5, 0.6) is 10.9 Å². The van der Waals surface area contributed by atoms with Gasteiger partial charge in [-0.3, -0.25) is 4.99 Å². The van der Waals surface area contributed by atoms with Crippen molar-refractivity contribution < 1.29 is 4.74 Å². The molecule has 0 unspecified atom stereocenters.